The molecule has 2 aromatic heterocycles. The van der Waals surface area contributed by atoms with Crippen LogP contribution in [0.25, 0.3) is 10.7 Å². The third kappa shape index (κ3) is 2.33. The second-order valence-corrected chi connectivity index (χ2v) is 6.91. The van der Waals surface area contributed by atoms with E-state index in [1.165, 1.54) is 14.8 Å². The van der Waals surface area contributed by atoms with Gasteiger partial charge >= 0.3 is 0 Å². The van der Waals surface area contributed by atoms with Crippen molar-refractivity contribution in [1.29, 1.82) is 0 Å². The highest BCUT2D eigenvalue weighted by atomic mass is 32.2. The summed E-state index contributed by atoms with van der Waals surface area (Å²) in [6, 6.07) is 4.27. The molecule has 0 saturated heterocycles. The van der Waals surface area contributed by atoms with Crippen LogP contribution in [-0.4, -0.2) is 16.2 Å². The molecule has 86 valence electrons. The van der Waals surface area contributed by atoms with Crippen molar-refractivity contribution in [3.05, 3.63) is 24.0 Å². The van der Waals surface area contributed by atoms with Crippen LogP contribution >= 0.6 is 23.1 Å². The van der Waals surface area contributed by atoms with Crippen LogP contribution in [0.15, 0.2) is 22.5 Å². The van der Waals surface area contributed by atoms with E-state index >= 15 is 0 Å². The Morgan fingerprint density at radius 3 is 2.56 bits per heavy atom. The number of rotatable bonds is 2. The largest absolute Gasteiger partial charge is 0.341 e. The maximum absolute atomic E-state index is 4.45. The van der Waals surface area contributed by atoms with Crippen LogP contribution in [0, 0.1) is 0 Å². The van der Waals surface area contributed by atoms with Gasteiger partial charge in [-0.15, -0.1) is 23.1 Å². The molecule has 4 heteroatoms. The molecule has 0 unspecified atom stereocenters. The summed E-state index contributed by atoms with van der Waals surface area (Å²) in [5, 5.41) is 0. The minimum atomic E-state index is 0.130. The zero-order valence-corrected chi connectivity index (χ0v) is 11.6. The van der Waals surface area contributed by atoms with Gasteiger partial charge in [-0.2, -0.15) is 0 Å². The van der Waals surface area contributed by atoms with Gasteiger partial charge in [0.05, 0.1) is 9.09 Å². The summed E-state index contributed by atoms with van der Waals surface area (Å²) >= 11 is 3.55. The molecule has 0 atom stereocenters. The molecule has 0 fully saturated rings. The number of hydrogen-bond acceptors (Lipinski definition) is 3. The molecule has 0 aliphatic rings. The molecule has 2 aromatic rings. The lowest BCUT2D eigenvalue weighted by Crippen LogP contribution is -2.11. The molecule has 0 amide bonds. The van der Waals surface area contributed by atoms with E-state index in [0.717, 1.165) is 5.82 Å². The number of aromatic nitrogens is 2. The van der Waals surface area contributed by atoms with E-state index in [1.807, 2.05) is 6.20 Å². The fourth-order valence-corrected chi connectivity index (χ4v) is 2.88. The Morgan fingerprint density at radius 1 is 1.31 bits per heavy atom. The molecule has 0 bridgehead atoms. The van der Waals surface area contributed by atoms with E-state index in [9.17, 15) is 0 Å². The van der Waals surface area contributed by atoms with E-state index in [1.54, 1.807) is 23.1 Å². The summed E-state index contributed by atoms with van der Waals surface area (Å²) in [6.07, 6.45) is 4.03. The summed E-state index contributed by atoms with van der Waals surface area (Å²) in [5.74, 6) is 0.982. The van der Waals surface area contributed by atoms with Crippen molar-refractivity contribution in [3.63, 3.8) is 0 Å². The number of thioether (sulfide) groups is 1. The molecular weight excluding hydrogens is 236 g/mol. The fraction of sp³-hybridized carbons (Fsp3) is 0.417. The van der Waals surface area contributed by atoms with Gasteiger partial charge in [-0.1, -0.05) is 20.8 Å². The van der Waals surface area contributed by atoms with E-state index in [2.05, 4.69) is 49.1 Å². The van der Waals surface area contributed by atoms with Crippen molar-refractivity contribution in [1.82, 2.24) is 9.97 Å². The molecule has 0 radical (unpaired) electrons. The van der Waals surface area contributed by atoms with E-state index in [-0.39, 0.29) is 5.41 Å². The lowest BCUT2D eigenvalue weighted by atomic mass is 9.93. The van der Waals surface area contributed by atoms with Crippen molar-refractivity contribution in [2.75, 3.05) is 6.26 Å². The van der Waals surface area contributed by atoms with E-state index in [4.69, 9.17) is 0 Å². The maximum atomic E-state index is 4.45. The van der Waals surface area contributed by atoms with Gasteiger partial charge in [-0.05, 0) is 18.4 Å². The Labute approximate surface area is 105 Å². The molecule has 0 aliphatic heterocycles. The number of nitrogens with one attached hydrogen (secondary N) is 1. The topological polar surface area (TPSA) is 28.7 Å². The Bertz CT molecular complexity index is 477. The Balaban J connectivity index is 2.31. The van der Waals surface area contributed by atoms with Gasteiger partial charge in [0.2, 0.25) is 0 Å². The van der Waals surface area contributed by atoms with Gasteiger partial charge in [-0.25, -0.2) is 4.98 Å². The van der Waals surface area contributed by atoms with Gasteiger partial charge in [0.25, 0.3) is 0 Å². The first-order valence-corrected chi connectivity index (χ1v) is 7.24. The molecule has 2 rings (SSSR count). The predicted octanol–water partition coefficient (Wildman–Crippen LogP) is 4.16. The van der Waals surface area contributed by atoms with Crippen LogP contribution < -0.4 is 0 Å². The minimum absolute atomic E-state index is 0.130. The Hall–Kier alpha value is -0.740. The summed E-state index contributed by atoms with van der Waals surface area (Å²) in [6.45, 7) is 6.56. The first kappa shape index (κ1) is 11.7. The molecular formula is C12H16N2S2. The smallest absolute Gasteiger partial charge is 0.147 e. The minimum Gasteiger partial charge on any atom is -0.341 e. The SMILES string of the molecule is CSc1ccc(-c2ncc(C(C)(C)C)[nH]2)s1. The molecule has 0 aliphatic carbocycles. The molecule has 16 heavy (non-hydrogen) atoms. The van der Waals surface area contributed by atoms with Crippen LogP contribution in [0.4, 0.5) is 0 Å². The fourth-order valence-electron chi connectivity index (χ4n) is 1.38. The lowest BCUT2D eigenvalue weighted by molar-refractivity contribution is 0.573. The van der Waals surface area contributed by atoms with Gasteiger partial charge in [0.1, 0.15) is 5.82 Å². The zero-order valence-electron chi connectivity index (χ0n) is 10.00. The Kier molecular flexibility index (Phi) is 3.13. The average molecular weight is 252 g/mol. The second kappa shape index (κ2) is 4.26. The van der Waals surface area contributed by atoms with Crippen molar-refractivity contribution >= 4 is 23.1 Å². The van der Waals surface area contributed by atoms with Crippen molar-refractivity contribution < 1.29 is 0 Å². The molecule has 0 saturated carbocycles. The van der Waals surface area contributed by atoms with Crippen LogP contribution in [0.3, 0.4) is 0 Å². The molecule has 0 aromatic carbocycles. The number of nitrogens with zero attached hydrogens (tertiary/aromatic N) is 1. The van der Waals surface area contributed by atoms with Gasteiger partial charge in [0, 0.05) is 17.3 Å². The first-order chi connectivity index (χ1) is 7.50. The standard InChI is InChI=1S/C12H16N2S2/c1-12(2,3)9-7-13-11(14-9)8-5-6-10(15-4)16-8/h5-7H,1-4H3,(H,13,14). The molecule has 0 spiro atoms. The van der Waals surface area contributed by atoms with Crippen LogP contribution in [0.5, 0.6) is 0 Å². The number of aromatic amines is 1. The lowest BCUT2D eigenvalue weighted by Gasteiger charge is -2.14. The highest BCUT2D eigenvalue weighted by Crippen LogP contribution is 2.32. The van der Waals surface area contributed by atoms with Gasteiger partial charge in [-0.3, -0.25) is 0 Å². The molecule has 1 N–H and O–H groups in total. The average Bonchev–Trinajstić information content (AvgIpc) is 2.85. The van der Waals surface area contributed by atoms with Gasteiger partial charge in [0.15, 0.2) is 0 Å². The maximum Gasteiger partial charge on any atom is 0.147 e. The summed E-state index contributed by atoms with van der Waals surface area (Å²) in [5.41, 5.74) is 1.31. The second-order valence-electron chi connectivity index (χ2n) is 4.72. The van der Waals surface area contributed by atoms with Crippen molar-refractivity contribution in [2.45, 2.75) is 30.4 Å². The third-order valence-electron chi connectivity index (χ3n) is 2.40. The molecule has 2 heterocycles. The van der Waals surface area contributed by atoms with Crippen molar-refractivity contribution in [3.8, 4) is 10.7 Å². The normalized spacial score (nSPS) is 12.0. The zero-order chi connectivity index (χ0) is 11.8. The van der Waals surface area contributed by atoms with Crippen LogP contribution in [0.1, 0.15) is 26.5 Å². The third-order valence-corrected chi connectivity index (χ3v) is 4.57. The number of imidazole rings is 1. The highest BCUT2D eigenvalue weighted by Gasteiger charge is 2.17. The number of H-pyrrole nitrogens is 1. The van der Waals surface area contributed by atoms with Crippen LogP contribution in [0.2, 0.25) is 0 Å². The first-order valence-electron chi connectivity index (χ1n) is 5.20. The van der Waals surface area contributed by atoms with Crippen LogP contribution in [-0.2, 0) is 5.41 Å². The summed E-state index contributed by atoms with van der Waals surface area (Å²) in [7, 11) is 0. The number of thiophene rings is 1. The monoisotopic (exact) mass is 252 g/mol. The predicted molar refractivity (Wildman–Crippen MR) is 72.4 cm³/mol. The Morgan fingerprint density at radius 2 is 2.06 bits per heavy atom. The highest BCUT2D eigenvalue weighted by molar-refractivity contribution is 8.00. The summed E-state index contributed by atoms with van der Waals surface area (Å²) in [4.78, 5) is 9.05. The summed E-state index contributed by atoms with van der Waals surface area (Å²) < 4.78 is 1.32. The van der Waals surface area contributed by atoms with E-state index in [0.29, 0.717) is 0 Å². The van der Waals surface area contributed by atoms with Gasteiger partial charge < -0.3 is 4.98 Å². The molecule has 2 nitrogen and oxygen atoms in total. The van der Waals surface area contributed by atoms with E-state index < -0.39 is 0 Å². The quantitative estimate of drug-likeness (QED) is 0.813. The number of hydrogen-bond donors (Lipinski definition) is 1. The van der Waals surface area contributed by atoms with Crippen molar-refractivity contribution in [2.24, 2.45) is 0 Å².